The zero-order chi connectivity index (χ0) is 22.2. The summed E-state index contributed by atoms with van der Waals surface area (Å²) in [5, 5.41) is 9.66. The molecule has 0 saturated carbocycles. The Morgan fingerprint density at radius 1 is 0.935 bits per heavy atom. The molecule has 1 heterocycles. The number of amides is 3. The maximum atomic E-state index is 13.0. The van der Waals surface area contributed by atoms with Crippen LogP contribution in [0.3, 0.4) is 0 Å². The van der Waals surface area contributed by atoms with Gasteiger partial charge in [-0.1, -0.05) is 36.4 Å². The first-order chi connectivity index (χ1) is 15.0. The van der Waals surface area contributed by atoms with Crippen molar-refractivity contribution in [3.63, 3.8) is 0 Å². The van der Waals surface area contributed by atoms with Gasteiger partial charge < -0.3 is 15.5 Å². The van der Waals surface area contributed by atoms with Crippen LogP contribution in [0.25, 0.3) is 5.69 Å². The number of anilines is 1. The Bertz CT molecular complexity index is 1040. The Kier molecular flexibility index (Phi) is 7.16. The second kappa shape index (κ2) is 10.2. The number of para-hydroxylation sites is 1. The van der Waals surface area contributed by atoms with E-state index in [9.17, 15) is 14.4 Å². The third-order valence-electron chi connectivity index (χ3n) is 4.75. The summed E-state index contributed by atoms with van der Waals surface area (Å²) in [6.45, 7) is 4.60. The molecule has 160 valence electrons. The van der Waals surface area contributed by atoms with Crippen LogP contribution in [0.4, 0.5) is 5.82 Å². The summed E-state index contributed by atoms with van der Waals surface area (Å²) < 4.78 is 1.51. The van der Waals surface area contributed by atoms with Crippen molar-refractivity contribution in [2.45, 2.75) is 13.8 Å². The molecule has 0 bridgehead atoms. The van der Waals surface area contributed by atoms with Gasteiger partial charge in [-0.25, -0.2) is 4.68 Å². The van der Waals surface area contributed by atoms with E-state index in [0.29, 0.717) is 24.3 Å². The van der Waals surface area contributed by atoms with E-state index in [-0.39, 0.29) is 29.7 Å². The van der Waals surface area contributed by atoms with E-state index in [4.69, 9.17) is 0 Å². The highest BCUT2D eigenvalue weighted by atomic mass is 16.2. The summed E-state index contributed by atoms with van der Waals surface area (Å²) in [7, 11) is 0. The van der Waals surface area contributed by atoms with E-state index >= 15 is 0 Å². The summed E-state index contributed by atoms with van der Waals surface area (Å²) in [6.07, 6.45) is 1.45. The molecule has 0 spiro atoms. The molecule has 8 nitrogen and oxygen atoms in total. The summed E-state index contributed by atoms with van der Waals surface area (Å²) >= 11 is 0. The molecule has 0 unspecified atom stereocenters. The quantitative estimate of drug-likeness (QED) is 0.587. The SMILES string of the molecule is CCN(CC)C(=O)c1cnn(-c2ccccc2)c1NC(=O)CNC(=O)c1ccccc1. The van der Waals surface area contributed by atoms with Crippen LogP contribution in [0, 0.1) is 0 Å². The van der Waals surface area contributed by atoms with E-state index in [1.807, 2.05) is 50.2 Å². The molecule has 3 amide bonds. The number of nitrogens with zero attached hydrogens (tertiary/aromatic N) is 3. The number of hydrogen-bond acceptors (Lipinski definition) is 4. The summed E-state index contributed by atoms with van der Waals surface area (Å²) in [6, 6.07) is 17.8. The maximum Gasteiger partial charge on any atom is 0.259 e. The minimum Gasteiger partial charge on any atom is -0.343 e. The molecule has 0 aliphatic carbocycles. The molecule has 0 fully saturated rings. The number of hydrogen-bond donors (Lipinski definition) is 2. The third-order valence-corrected chi connectivity index (χ3v) is 4.75. The standard InChI is InChI=1S/C23H25N5O3/c1-3-27(4-2)23(31)19-15-25-28(18-13-9-6-10-14-18)21(19)26-20(29)16-24-22(30)17-11-7-5-8-12-17/h5-15H,3-4,16H2,1-2H3,(H,24,30)(H,26,29). The molecule has 0 saturated heterocycles. The molecular weight excluding hydrogens is 394 g/mol. The lowest BCUT2D eigenvalue weighted by Crippen LogP contribution is -2.34. The number of carbonyl (C=O) groups is 3. The topological polar surface area (TPSA) is 96.3 Å². The van der Waals surface area contributed by atoms with Gasteiger partial charge in [0, 0.05) is 18.7 Å². The third kappa shape index (κ3) is 5.16. The Morgan fingerprint density at radius 3 is 2.16 bits per heavy atom. The van der Waals surface area contributed by atoms with Crippen LogP contribution in [0.15, 0.2) is 66.9 Å². The molecule has 0 aliphatic rings. The average molecular weight is 419 g/mol. The lowest BCUT2D eigenvalue weighted by molar-refractivity contribution is -0.115. The number of aromatic nitrogens is 2. The maximum absolute atomic E-state index is 13.0. The Morgan fingerprint density at radius 2 is 1.55 bits per heavy atom. The van der Waals surface area contributed by atoms with Gasteiger partial charge in [-0.2, -0.15) is 5.10 Å². The molecule has 0 atom stereocenters. The first kappa shape index (κ1) is 21.8. The lowest BCUT2D eigenvalue weighted by Gasteiger charge is -2.19. The van der Waals surface area contributed by atoms with Crippen molar-refractivity contribution in [2.75, 3.05) is 25.0 Å². The fourth-order valence-electron chi connectivity index (χ4n) is 3.10. The number of carbonyl (C=O) groups excluding carboxylic acids is 3. The van der Waals surface area contributed by atoms with E-state index in [1.54, 1.807) is 29.2 Å². The first-order valence-electron chi connectivity index (χ1n) is 10.1. The molecule has 1 aromatic heterocycles. The molecular formula is C23H25N5O3. The van der Waals surface area contributed by atoms with E-state index < -0.39 is 5.91 Å². The molecule has 3 rings (SSSR count). The molecule has 8 heteroatoms. The number of nitrogens with one attached hydrogen (secondary N) is 2. The van der Waals surface area contributed by atoms with Gasteiger partial charge in [0.15, 0.2) is 0 Å². The van der Waals surface area contributed by atoms with Crippen LogP contribution in [0.1, 0.15) is 34.6 Å². The molecule has 2 N–H and O–H groups in total. The van der Waals surface area contributed by atoms with Gasteiger partial charge in [0.05, 0.1) is 18.4 Å². The van der Waals surface area contributed by atoms with Gasteiger partial charge in [-0.15, -0.1) is 0 Å². The molecule has 0 aliphatic heterocycles. The van der Waals surface area contributed by atoms with Crippen LogP contribution in [0.5, 0.6) is 0 Å². The predicted octanol–water partition coefficient (Wildman–Crippen LogP) is 2.72. The number of benzene rings is 2. The normalized spacial score (nSPS) is 10.4. The summed E-state index contributed by atoms with van der Waals surface area (Å²) in [5.74, 6) is -0.778. The van der Waals surface area contributed by atoms with Gasteiger partial charge in [-0.05, 0) is 38.1 Å². The van der Waals surface area contributed by atoms with Crippen molar-refractivity contribution in [3.8, 4) is 5.69 Å². The largest absolute Gasteiger partial charge is 0.343 e. The highest BCUT2D eigenvalue weighted by Gasteiger charge is 2.23. The van der Waals surface area contributed by atoms with Gasteiger partial charge in [0.25, 0.3) is 11.8 Å². The van der Waals surface area contributed by atoms with Crippen molar-refractivity contribution in [1.82, 2.24) is 20.0 Å². The van der Waals surface area contributed by atoms with Crippen molar-refractivity contribution >= 4 is 23.5 Å². The van der Waals surface area contributed by atoms with Crippen molar-refractivity contribution in [2.24, 2.45) is 0 Å². The van der Waals surface area contributed by atoms with Gasteiger partial charge in [-0.3, -0.25) is 14.4 Å². The monoisotopic (exact) mass is 419 g/mol. The molecule has 3 aromatic rings. The zero-order valence-electron chi connectivity index (χ0n) is 17.5. The van der Waals surface area contributed by atoms with Crippen LogP contribution in [0.2, 0.25) is 0 Å². The average Bonchev–Trinajstić information content (AvgIpc) is 3.22. The van der Waals surface area contributed by atoms with E-state index in [0.717, 1.165) is 0 Å². The summed E-state index contributed by atoms with van der Waals surface area (Å²) in [5.41, 5.74) is 1.45. The fourth-order valence-corrected chi connectivity index (χ4v) is 3.10. The number of rotatable bonds is 8. The van der Waals surface area contributed by atoms with E-state index in [2.05, 4.69) is 15.7 Å². The van der Waals surface area contributed by atoms with Crippen molar-refractivity contribution in [1.29, 1.82) is 0 Å². The Labute approximate surface area is 180 Å². The fraction of sp³-hybridized carbons (Fsp3) is 0.217. The van der Waals surface area contributed by atoms with Crippen LogP contribution >= 0.6 is 0 Å². The summed E-state index contributed by atoms with van der Waals surface area (Å²) in [4.78, 5) is 39.4. The first-order valence-corrected chi connectivity index (χ1v) is 10.1. The van der Waals surface area contributed by atoms with Gasteiger partial charge in [0.1, 0.15) is 11.4 Å². The second-order valence-electron chi connectivity index (χ2n) is 6.73. The van der Waals surface area contributed by atoms with Gasteiger partial charge in [0.2, 0.25) is 5.91 Å². The highest BCUT2D eigenvalue weighted by molar-refractivity contribution is 6.04. The molecule has 31 heavy (non-hydrogen) atoms. The zero-order valence-corrected chi connectivity index (χ0v) is 17.5. The van der Waals surface area contributed by atoms with Crippen LogP contribution < -0.4 is 10.6 Å². The predicted molar refractivity (Wildman–Crippen MR) is 118 cm³/mol. The highest BCUT2D eigenvalue weighted by Crippen LogP contribution is 2.22. The second-order valence-corrected chi connectivity index (χ2v) is 6.73. The minimum absolute atomic E-state index is 0.226. The molecule has 0 radical (unpaired) electrons. The van der Waals surface area contributed by atoms with Crippen molar-refractivity contribution in [3.05, 3.63) is 78.0 Å². The molecule has 2 aromatic carbocycles. The lowest BCUT2D eigenvalue weighted by atomic mass is 10.2. The minimum atomic E-state index is -0.462. The van der Waals surface area contributed by atoms with E-state index in [1.165, 1.54) is 10.9 Å². The van der Waals surface area contributed by atoms with Crippen molar-refractivity contribution < 1.29 is 14.4 Å². The van der Waals surface area contributed by atoms with Gasteiger partial charge >= 0.3 is 0 Å². The van der Waals surface area contributed by atoms with Crippen LogP contribution in [-0.4, -0.2) is 52.0 Å². The van der Waals surface area contributed by atoms with Crippen LogP contribution in [-0.2, 0) is 4.79 Å². The Balaban J connectivity index is 1.82. The Hall–Kier alpha value is -3.94. The smallest absolute Gasteiger partial charge is 0.259 e.